The number of anilines is 5. The molecule has 0 aromatic heterocycles. The van der Waals surface area contributed by atoms with Gasteiger partial charge in [-0.1, -0.05) is 145 Å². The lowest BCUT2D eigenvalue weighted by atomic mass is 9.68. The second kappa shape index (κ2) is 14.0. The van der Waals surface area contributed by atoms with E-state index < -0.39 is 72.1 Å². The quantitative estimate of drug-likeness (QED) is 0.153. The van der Waals surface area contributed by atoms with Crippen LogP contribution >= 0.6 is 0 Å². The van der Waals surface area contributed by atoms with Crippen LogP contribution in [0.4, 0.5) is 37.2 Å². The molecule has 3 aliphatic rings. The summed E-state index contributed by atoms with van der Waals surface area (Å²) in [6.07, 6.45) is 12.3. The van der Waals surface area contributed by atoms with Gasteiger partial charge in [-0.25, -0.2) is 8.78 Å². The molecule has 0 saturated heterocycles. The summed E-state index contributed by atoms with van der Waals surface area (Å²) >= 11 is 0. The van der Waals surface area contributed by atoms with Gasteiger partial charge in [-0.15, -0.1) is 0 Å². The van der Waals surface area contributed by atoms with E-state index in [1.165, 1.54) is 12.1 Å². The minimum absolute atomic E-state index is 0.0950. The Balaban J connectivity index is 1.11. The zero-order valence-corrected chi connectivity index (χ0v) is 29.7. The summed E-state index contributed by atoms with van der Waals surface area (Å²) in [6.45, 7) is 0. The number of para-hydroxylation sites is 2. The fourth-order valence-electron chi connectivity index (χ4n) is 8.03. The van der Waals surface area contributed by atoms with E-state index in [4.69, 9.17) is 13.7 Å². The highest BCUT2D eigenvalue weighted by atomic mass is 19.1. The second-order valence-electron chi connectivity index (χ2n) is 13.6. The Kier molecular flexibility index (Phi) is 6.09. The highest BCUT2D eigenvalue weighted by Crippen LogP contribution is 2.53. The van der Waals surface area contributed by atoms with Gasteiger partial charge in [-0.05, 0) is 99.6 Å². The lowest BCUT2D eigenvalue weighted by Crippen LogP contribution is -2.28. The average Bonchev–Trinajstić information content (AvgIpc) is 3.33. The highest BCUT2D eigenvalue weighted by molar-refractivity contribution is 5.89. The molecule has 0 spiro atoms. The highest BCUT2D eigenvalue weighted by Gasteiger charge is 2.38. The van der Waals surface area contributed by atoms with Crippen molar-refractivity contribution in [3.8, 4) is 22.3 Å². The van der Waals surface area contributed by atoms with E-state index in [-0.39, 0.29) is 45.5 Å². The van der Waals surface area contributed by atoms with Gasteiger partial charge >= 0.3 is 0 Å². The third-order valence-corrected chi connectivity index (χ3v) is 10.5. The fraction of sp³-hybridized carbons (Fsp3) is 0.0385. The number of hydrogen-bond donors (Lipinski definition) is 0. The summed E-state index contributed by atoms with van der Waals surface area (Å²) in [7, 11) is 0. The first-order chi connectivity index (χ1) is 31.8. The van der Waals surface area contributed by atoms with Crippen LogP contribution in [-0.4, -0.2) is 0 Å². The van der Waals surface area contributed by atoms with Crippen molar-refractivity contribution in [2.75, 3.05) is 9.80 Å². The van der Waals surface area contributed by atoms with Crippen molar-refractivity contribution in [2.24, 2.45) is 5.92 Å². The Labute approximate surface area is 340 Å². The zero-order chi connectivity index (χ0) is 46.3. The molecule has 0 bridgehead atoms. The summed E-state index contributed by atoms with van der Waals surface area (Å²) in [5.41, 5.74) is 6.80. The number of nitrogens with zero attached hydrogens (tertiary/aromatic N) is 2. The van der Waals surface area contributed by atoms with Crippen molar-refractivity contribution < 1.29 is 22.5 Å². The molecule has 0 fully saturated rings. The number of halogens is 2. The van der Waals surface area contributed by atoms with Crippen LogP contribution in [0.5, 0.6) is 0 Å². The third-order valence-electron chi connectivity index (χ3n) is 10.5. The molecule has 56 heavy (non-hydrogen) atoms. The van der Waals surface area contributed by atoms with Crippen LogP contribution < -0.4 is 9.80 Å². The Morgan fingerprint density at radius 3 is 1.61 bits per heavy atom. The summed E-state index contributed by atoms with van der Waals surface area (Å²) in [4.78, 5) is 3.63. The molecular formula is C52H36F2N2. The molecule has 0 heterocycles. The zero-order valence-electron chi connectivity index (χ0n) is 39.7. The molecule has 268 valence electrons. The van der Waals surface area contributed by atoms with Gasteiger partial charge in [0.05, 0.1) is 30.8 Å². The molecule has 4 heteroatoms. The lowest BCUT2D eigenvalue weighted by Gasteiger charge is -2.41. The minimum Gasteiger partial charge on any atom is -0.307 e. The molecule has 2 nitrogen and oxygen atoms in total. The largest absolute Gasteiger partial charge is 0.307 e. The predicted molar refractivity (Wildman–Crippen MR) is 227 cm³/mol. The fourth-order valence-corrected chi connectivity index (χ4v) is 8.03. The molecule has 0 radical (unpaired) electrons. The van der Waals surface area contributed by atoms with Crippen molar-refractivity contribution in [1.29, 1.82) is 0 Å². The first-order valence-corrected chi connectivity index (χ1v) is 18.2. The Hall–Kier alpha value is -7.04. The minimum atomic E-state index is -0.674. The van der Waals surface area contributed by atoms with E-state index >= 15 is 8.78 Å². The number of allylic oxidation sites excluding steroid dienone is 5. The number of rotatable bonds is 8. The Morgan fingerprint density at radius 1 is 0.482 bits per heavy atom. The maximum atomic E-state index is 16.8. The van der Waals surface area contributed by atoms with Crippen molar-refractivity contribution in [1.82, 2.24) is 0 Å². The maximum Gasteiger partial charge on any atom is 0.147 e. The van der Waals surface area contributed by atoms with Crippen LogP contribution in [0.15, 0.2) is 205 Å². The van der Waals surface area contributed by atoms with Gasteiger partial charge in [0, 0.05) is 34.5 Å². The van der Waals surface area contributed by atoms with Crippen LogP contribution in [0, 0.1) is 17.6 Å². The topological polar surface area (TPSA) is 6.48 Å². The summed E-state index contributed by atoms with van der Waals surface area (Å²) < 4.78 is 117. The van der Waals surface area contributed by atoms with Crippen molar-refractivity contribution in [3.05, 3.63) is 234 Å². The molecular weight excluding hydrogens is 691 g/mol. The molecule has 3 aliphatic carbocycles. The first kappa shape index (κ1) is 24.4. The van der Waals surface area contributed by atoms with Gasteiger partial charge in [0.25, 0.3) is 0 Å². The third kappa shape index (κ3) is 5.78. The van der Waals surface area contributed by atoms with E-state index in [0.717, 1.165) is 22.3 Å². The van der Waals surface area contributed by atoms with E-state index in [2.05, 4.69) is 12.2 Å². The smallest absolute Gasteiger partial charge is 0.147 e. The second-order valence-corrected chi connectivity index (χ2v) is 13.6. The van der Waals surface area contributed by atoms with Gasteiger partial charge in [0.2, 0.25) is 0 Å². The van der Waals surface area contributed by atoms with E-state index in [1.807, 2.05) is 107 Å². The van der Waals surface area contributed by atoms with Crippen LogP contribution in [0.2, 0.25) is 0 Å². The van der Waals surface area contributed by atoms with E-state index in [9.17, 15) is 0 Å². The molecule has 2 unspecified atom stereocenters. The normalized spacial score (nSPS) is 18.6. The molecule has 2 atom stereocenters. The Bertz CT molecular complexity index is 3260. The first-order valence-electron chi connectivity index (χ1n) is 23.2. The van der Waals surface area contributed by atoms with Gasteiger partial charge in [-0.3, -0.25) is 0 Å². The summed E-state index contributed by atoms with van der Waals surface area (Å²) in [6, 6.07) is 26.4. The van der Waals surface area contributed by atoms with Crippen LogP contribution in [0.25, 0.3) is 34.4 Å². The van der Waals surface area contributed by atoms with Gasteiger partial charge < -0.3 is 9.80 Å². The molecule has 7 aromatic rings. The van der Waals surface area contributed by atoms with Gasteiger partial charge in [0.15, 0.2) is 0 Å². The van der Waals surface area contributed by atoms with Gasteiger partial charge in [-0.2, -0.15) is 0 Å². The summed E-state index contributed by atoms with van der Waals surface area (Å²) in [5.74, 6) is -1.69. The average molecular weight is 737 g/mol. The van der Waals surface area contributed by atoms with E-state index in [0.29, 0.717) is 22.8 Å². The van der Waals surface area contributed by atoms with Crippen molar-refractivity contribution in [3.63, 3.8) is 0 Å². The predicted octanol–water partition coefficient (Wildman–Crippen LogP) is 14.2. The molecule has 0 N–H and O–H groups in total. The van der Waals surface area contributed by atoms with E-state index in [1.54, 1.807) is 24.3 Å². The molecule has 10 rings (SSSR count). The van der Waals surface area contributed by atoms with Crippen LogP contribution in [0.1, 0.15) is 36.3 Å². The maximum absolute atomic E-state index is 16.8. The molecule has 0 saturated carbocycles. The van der Waals surface area contributed by atoms with Crippen LogP contribution in [0.3, 0.4) is 0 Å². The molecule has 7 aromatic carbocycles. The molecule has 0 aliphatic heterocycles. The molecule has 0 amide bonds. The van der Waals surface area contributed by atoms with Crippen molar-refractivity contribution in [2.45, 2.75) is 5.92 Å². The van der Waals surface area contributed by atoms with Crippen LogP contribution in [-0.2, 0) is 0 Å². The number of benzene rings is 7. The standard InChI is InChI=1S/C52H36F2N2/c53-45-33-39(35-13-5-1-6-14-35)25-31-49(45)55(41-17-9-3-10-18-41)47-29-23-37-22-28-44-48(30-24-38-21-27-43(47)51(37)52(38)44)56(42-19-11-4-12-20-42)50-32-26-40(34-46(50)54)36-15-7-2-8-16-36/h1-34,37,51H/i1D,2D,5D,6D,7D,8D,13D,14D,15D,16D. The summed E-state index contributed by atoms with van der Waals surface area (Å²) in [5, 5.41) is 0. The monoisotopic (exact) mass is 736 g/mol. The SMILES string of the molecule is [2H]c1c([2H])c([2H])c(-c2ccc(N(C3=C4C=Cc5ccc(N(c6ccccc6)c6ccc(-c7c([2H])c([2H])c([2H])c([2H])c7[2H])cc6F)c6c5C4C(C=C3)C=C6)c3ccccc3)c(F)c2)c([2H])c1[2H]. The van der Waals surface area contributed by atoms with Crippen molar-refractivity contribution >= 4 is 40.6 Å². The number of hydrogen-bond acceptors (Lipinski definition) is 2. The van der Waals surface area contributed by atoms with Gasteiger partial charge in [0.1, 0.15) is 11.6 Å². The Morgan fingerprint density at radius 2 is 1.02 bits per heavy atom. The lowest BCUT2D eigenvalue weighted by molar-refractivity contribution is 0.625.